The number of nitrogens with zero attached hydrogens (tertiary/aromatic N) is 3. The number of benzene rings is 3. The Labute approximate surface area is 166 Å². The van der Waals surface area contributed by atoms with Gasteiger partial charge in [-0.1, -0.05) is 54.2 Å². The molecule has 1 N–H and O–H groups in total. The van der Waals surface area contributed by atoms with Crippen LogP contribution in [-0.2, 0) is 5.75 Å². The fourth-order valence-electron chi connectivity index (χ4n) is 2.77. The second-order valence-corrected chi connectivity index (χ2v) is 7.07. The third-order valence-corrected chi connectivity index (χ3v) is 5.22. The van der Waals surface area contributed by atoms with Crippen LogP contribution in [0.5, 0.6) is 0 Å². The minimum atomic E-state index is -0.142. The number of rotatable bonds is 5. The Balaban J connectivity index is 1.71. The number of nitriles is 1. The van der Waals surface area contributed by atoms with Gasteiger partial charge in [-0.3, -0.25) is 10.2 Å². The molecule has 1 heterocycles. The molecule has 0 aliphatic carbocycles. The summed E-state index contributed by atoms with van der Waals surface area (Å²) in [6.45, 7) is 0. The van der Waals surface area contributed by atoms with E-state index in [1.165, 1.54) is 16.4 Å². The summed E-state index contributed by atoms with van der Waals surface area (Å²) in [5.74, 6) is 0.632. The number of nitrogens with one attached hydrogen (secondary N) is 1. The second-order valence-electron chi connectivity index (χ2n) is 6.13. The topological polar surface area (TPSA) is 70.7 Å². The van der Waals surface area contributed by atoms with Gasteiger partial charge in [0.15, 0.2) is 5.16 Å². The van der Waals surface area contributed by atoms with E-state index < -0.39 is 0 Å². The molecule has 3 aromatic carbocycles. The highest BCUT2D eigenvalue weighted by atomic mass is 32.2. The van der Waals surface area contributed by atoms with Crippen molar-refractivity contribution in [3.63, 3.8) is 0 Å². The van der Waals surface area contributed by atoms with E-state index in [4.69, 9.17) is 10.2 Å². The minimum Gasteiger partial charge on any atom is -0.289 e. The van der Waals surface area contributed by atoms with Crippen molar-refractivity contribution in [2.45, 2.75) is 10.9 Å². The maximum absolute atomic E-state index is 13.1. The lowest BCUT2D eigenvalue weighted by atomic mass is 10.2. The predicted molar refractivity (Wildman–Crippen MR) is 112 cm³/mol. The Kier molecular flexibility index (Phi) is 5.09. The number of hydrogen-bond donors (Lipinski definition) is 1. The number of para-hydroxylation sites is 2. The van der Waals surface area contributed by atoms with Crippen molar-refractivity contribution >= 4 is 28.4 Å². The molecule has 0 unspecified atom stereocenters. The van der Waals surface area contributed by atoms with Gasteiger partial charge < -0.3 is 0 Å². The van der Waals surface area contributed by atoms with Gasteiger partial charge >= 0.3 is 0 Å². The highest BCUT2D eigenvalue weighted by Gasteiger charge is 2.12. The van der Waals surface area contributed by atoms with E-state index in [1.54, 1.807) is 18.2 Å². The quantitative estimate of drug-likeness (QED) is 0.407. The standard InChI is InChI=1S/C22H16N4OS/c23-14-16-10-12-17(13-11-16)15-28-22-24-20-9-5-4-8-19(20)21(27)26(22)25-18-6-2-1-3-7-18/h1-13,25H,15H2. The maximum Gasteiger partial charge on any atom is 0.280 e. The Bertz CT molecular complexity index is 1210. The van der Waals surface area contributed by atoms with Gasteiger partial charge in [0.05, 0.1) is 28.2 Å². The molecular formula is C22H16N4OS. The normalized spacial score (nSPS) is 10.5. The molecule has 136 valence electrons. The van der Waals surface area contributed by atoms with Crippen molar-refractivity contribution in [3.8, 4) is 6.07 Å². The van der Waals surface area contributed by atoms with Crippen molar-refractivity contribution in [2.24, 2.45) is 0 Å². The lowest BCUT2D eigenvalue weighted by Gasteiger charge is -2.15. The summed E-state index contributed by atoms with van der Waals surface area (Å²) in [7, 11) is 0. The second kappa shape index (κ2) is 7.99. The van der Waals surface area contributed by atoms with Crippen LogP contribution in [0, 0.1) is 11.3 Å². The van der Waals surface area contributed by atoms with Gasteiger partial charge in [-0.2, -0.15) is 9.94 Å². The summed E-state index contributed by atoms with van der Waals surface area (Å²) >= 11 is 1.47. The van der Waals surface area contributed by atoms with Gasteiger partial charge in [-0.05, 0) is 42.0 Å². The zero-order valence-electron chi connectivity index (χ0n) is 14.9. The fraction of sp³-hybridized carbons (Fsp3) is 0.0455. The zero-order valence-corrected chi connectivity index (χ0v) is 15.7. The SMILES string of the molecule is N#Cc1ccc(CSc2nc3ccccc3c(=O)n2Nc2ccccc2)cc1. The molecule has 0 aliphatic heterocycles. The van der Waals surface area contributed by atoms with E-state index in [-0.39, 0.29) is 5.56 Å². The summed E-state index contributed by atoms with van der Waals surface area (Å²) < 4.78 is 1.49. The average molecular weight is 384 g/mol. The highest BCUT2D eigenvalue weighted by molar-refractivity contribution is 7.98. The largest absolute Gasteiger partial charge is 0.289 e. The molecule has 0 aliphatic rings. The van der Waals surface area contributed by atoms with Crippen molar-refractivity contribution < 1.29 is 0 Å². The van der Waals surface area contributed by atoms with E-state index in [0.717, 1.165) is 11.3 Å². The third kappa shape index (κ3) is 3.75. The van der Waals surface area contributed by atoms with Crippen LogP contribution in [0.3, 0.4) is 0 Å². The van der Waals surface area contributed by atoms with Crippen LogP contribution < -0.4 is 11.0 Å². The van der Waals surface area contributed by atoms with Crippen molar-refractivity contribution in [3.05, 3.63) is 100 Å². The van der Waals surface area contributed by atoms with Crippen LogP contribution in [0.4, 0.5) is 5.69 Å². The molecular weight excluding hydrogens is 368 g/mol. The number of hydrogen-bond acceptors (Lipinski definition) is 5. The molecule has 0 spiro atoms. The van der Waals surface area contributed by atoms with Gasteiger partial charge in [0.2, 0.25) is 0 Å². The smallest absolute Gasteiger partial charge is 0.280 e. The summed E-state index contributed by atoms with van der Waals surface area (Å²) in [6.07, 6.45) is 0. The molecule has 0 fully saturated rings. The first-order valence-corrected chi connectivity index (χ1v) is 9.69. The zero-order chi connectivity index (χ0) is 19.3. The van der Waals surface area contributed by atoms with E-state index in [9.17, 15) is 4.79 Å². The number of anilines is 1. The monoisotopic (exact) mass is 384 g/mol. The molecule has 4 rings (SSSR count). The predicted octanol–water partition coefficient (Wildman–Crippen LogP) is 4.44. The van der Waals surface area contributed by atoms with Gasteiger partial charge in [0.1, 0.15) is 0 Å². The van der Waals surface area contributed by atoms with Crippen molar-refractivity contribution in [2.75, 3.05) is 5.43 Å². The summed E-state index contributed by atoms with van der Waals surface area (Å²) in [5, 5.41) is 10.1. The van der Waals surface area contributed by atoms with E-state index >= 15 is 0 Å². The van der Waals surface area contributed by atoms with Crippen LogP contribution >= 0.6 is 11.8 Å². The summed E-state index contributed by atoms with van der Waals surface area (Å²) in [4.78, 5) is 17.8. The Hall–Kier alpha value is -3.56. The molecule has 1 aromatic heterocycles. The number of aromatic nitrogens is 2. The first kappa shape index (κ1) is 17.8. The number of fused-ring (bicyclic) bond motifs is 1. The minimum absolute atomic E-state index is 0.142. The van der Waals surface area contributed by atoms with Gasteiger partial charge in [-0.25, -0.2) is 4.98 Å². The lowest BCUT2D eigenvalue weighted by molar-refractivity contribution is 0.757. The van der Waals surface area contributed by atoms with E-state index in [1.807, 2.05) is 60.7 Å². The van der Waals surface area contributed by atoms with Crippen molar-refractivity contribution in [1.82, 2.24) is 9.66 Å². The van der Waals surface area contributed by atoms with Crippen LogP contribution in [0.2, 0.25) is 0 Å². The van der Waals surface area contributed by atoms with Gasteiger partial charge in [0.25, 0.3) is 5.56 Å². The molecule has 0 bridgehead atoms. The maximum atomic E-state index is 13.1. The van der Waals surface area contributed by atoms with Crippen LogP contribution in [0.25, 0.3) is 10.9 Å². The molecule has 28 heavy (non-hydrogen) atoms. The van der Waals surface area contributed by atoms with Crippen molar-refractivity contribution in [1.29, 1.82) is 5.26 Å². The van der Waals surface area contributed by atoms with Crippen LogP contribution in [-0.4, -0.2) is 9.66 Å². The lowest BCUT2D eigenvalue weighted by Crippen LogP contribution is -2.29. The molecule has 0 radical (unpaired) electrons. The molecule has 6 heteroatoms. The highest BCUT2D eigenvalue weighted by Crippen LogP contribution is 2.22. The first-order chi connectivity index (χ1) is 13.7. The third-order valence-electron chi connectivity index (χ3n) is 4.21. The fourth-order valence-corrected chi connectivity index (χ4v) is 3.68. The van der Waals surface area contributed by atoms with Crippen LogP contribution in [0.1, 0.15) is 11.1 Å². The first-order valence-electron chi connectivity index (χ1n) is 8.70. The molecule has 0 atom stereocenters. The van der Waals surface area contributed by atoms with Gasteiger partial charge in [-0.15, -0.1) is 0 Å². The molecule has 0 saturated heterocycles. The van der Waals surface area contributed by atoms with E-state index in [0.29, 0.717) is 27.4 Å². The average Bonchev–Trinajstić information content (AvgIpc) is 2.75. The number of thioether (sulfide) groups is 1. The molecule has 0 amide bonds. The summed E-state index contributed by atoms with van der Waals surface area (Å²) in [6, 6.07) is 26.4. The Morgan fingerprint density at radius 1 is 0.964 bits per heavy atom. The van der Waals surface area contributed by atoms with Crippen LogP contribution in [0.15, 0.2) is 88.8 Å². The van der Waals surface area contributed by atoms with E-state index in [2.05, 4.69) is 11.5 Å². The molecule has 0 saturated carbocycles. The van der Waals surface area contributed by atoms with Gasteiger partial charge in [0, 0.05) is 5.75 Å². The summed E-state index contributed by atoms with van der Waals surface area (Å²) in [5.41, 5.74) is 6.18. The Morgan fingerprint density at radius 2 is 1.68 bits per heavy atom. The molecule has 5 nitrogen and oxygen atoms in total. The Morgan fingerprint density at radius 3 is 2.43 bits per heavy atom. The molecule has 4 aromatic rings.